The van der Waals surface area contributed by atoms with Crippen LogP contribution >= 0.6 is 0 Å². The quantitative estimate of drug-likeness (QED) is 0.695. The van der Waals surface area contributed by atoms with Gasteiger partial charge in [0.15, 0.2) is 0 Å². The SMILES string of the molecule is CC(C)Oc1ccc2c(c1)CCCC2. The molecule has 0 radical (unpaired) electrons. The normalized spacial score (nSPS) is 15.4. The van der Waals surface area contributed by atoms with Crippen LogP contribution in [0.15, 0.2) is 18.2 Å². The highest BCUT2D eigenvalue weighted by atomic mass is 16.5. The molecule has 76 valence electrons. The molecule has 0 saturated carbocycles. The Bertz CT molecular complexity index is 315. The Morgan fingerprint density at radius 1 is 1.07 bits per heavy atom. The second-order valence-electron chi connectivity index (χ2n) is 4.30. The Labute approximate surface area is 86.1 Å². The topological polar surface area (TPSA) is 9.23 Å². The predicted molar refractivity (Wildman–Crippen MR) is 58.8 cm³/mol. The van der Waals surface area contributed by atoms with Gasteiger partial charge in [-0.2, -0.15) is 0 Å². The lowest BCUT2D eigenvalue weighted by molar-refractivity contribution is 0.242. The summed E-state index contributed by atoms with van der Waals surface area (Å²) in [5.41, 5.74) is 3.02. The zero-order valence-electron chi connectivity index (χ0n) is 9.05. The average molecular weight is 190 g/mol. The fraction of sp³-hybridized carbons (Fsp3) is 0.538. The standard InChI is InChI=1S/C13H18O/c1-10(2)14-13-8-7-11-5-3-4-6-12(11)9-13/h7-10H,3-6H2,1-2H3. The number of benzene rings is 1. The molecule has 0 aromatic heterocycles. The molecule has 0 atom stereocenters. The number of fused-ring (bicyclic) bond motifs is 1. The van der Waals surface area contributed by atoms with Crippen molar-refractivity contribution in [2.24, 2.45) is 0 Å². The largest absolute Gasteiger partial charge is 0.491 e. The molecule has 0 N–H and O–H groups in total. The minimum Gasteiger partial charge on any atom is -0.491 e. The van der Waals surface area contributed by atoms with Crippen molar-refractivity contribution in [3.05, 3.63) is 29.3 Å². The van der Waals surface area contributed by atoms with Crippen LogP contribution in [0, 0.1) is 0 Å². The van der Waals surface area contributed by atoms with Gasteiger partial charge in [0, 0.05) is 0 Å². The summed E-state index contributed by atoms with van der Waals surface area (Å²) in [6.07, 6.45) is 5.42. The molecule has 0 saturated heterocycles. The molecule has 0 fully saturated rings. The van der Waals surface area contributed by atoms with E-state index in [-0.39, 0.29) is 6.10 Å². The third kappa shape index (κ3) is 2.09. The molecule has 1 aromatic carbocycles. The van der Waals surface area contributed by atoms with Crippen LogP contribution in [0.5, 0.6) is 5.75 Å². The van der Waals surface area contributed by atoms with E-state index >= 15 is 0 Å². The van der Waals surface area contributed by atoms with Gasteiger partial charge < -0.3 is 4.74 Å². The van der Waals surface area contributed by atoms with Crippen LogP contribution in [0.25, 0.3) is 0 Å². The highest BCUT2D eigenvalue weighted by molar-refractivity contribution is 5.37. The number of ether oxygens (including phenoxy) is 1. The number of hydrogen-bond acceptors (Lipinski definition) is 1. The van der Waals surface area contributed by atoms with Crippen molar-refractivity contribution in [1.82, 2.24) is 0 Å². The third-order valence-electron chi connectivity index (χ3n) is 2.69. The fourth-order valence-electron chi connectivity index (χ4n) is 2.06. The van der Waals surface area contributed by atoms with E-state index in [1.165, 1.54) is 36.8 Å². The van der Waals surface area contributed by atoms with Gasteiger partial charge in [-0.1, -0.05) is 6.07 Å². The van der Waals surface area contributed by atoms with E-state index in [2.05, 4.69) is 32.0 Å². The van der Waals surface area contributed by atoms with Crippen molar-refractivity contribution in [1.29, 1.82) is 0 Å². The summed E-state index contributed by atoms with van der Waals surface area (Å²) in [5.74, 6) is 1.03. The Hall–Kier alpha value is -0.980. The van der Waals surface area contributed by atoms with Crippen LogP contribution < -0.4 is 4.74 Å². The molecule has 1 aromatic rings. The molecule has 1 aliphatic rings. The molecule has 14 heavy (non-hydrogen) atoms. The molecular formula is C13H18O. The van der Waals surface area contributed by atoms with Gasteiger partial charge in [0.1, 0.15) is 5.75 Å². The summed E-state index contributed by atoms with van der Waals surface area (Å²) < 4.78 is 5.68. The lowest BCUT2D eigenvalue weighted by Crippen LogP contribution is -2.07. The van der Waals surface area contributed by atoms with Crippen LogP contribution in [-0.4, -0.2) is 6.10 Å². The summed E-state index contributed by atoms with van der Waals surface area (Å²) >= 11 is 0. The molecule has 0 heterocycles. The minimum atomic E-state index is 0.275. The maximum absolute atomic E-state index is 5.68. The maximum Gasteiger partial charge on any atom is 0.119 e. The molecule has 1 heteroatoms. The van der Waals surface area contributed by atoms with E-state index in [9.17, 15) is 0 Å². The molecule has 2 rings (SSSR count). The molecular weight excluding hydrogens is 172 g/mol. The van der Waals surface area contributed by atoms with Crippen molar-refractivity contribution in [2.45, 2.75) is 45.6 Å². The monoisotopic (exact) mass is 190 g/mol. The van der Waals surface area contributed by atoms with Crippen molar-refractivity contribution in [3.8, 4) is 5.75 Å². The zero-order chi connectivity index (χ0) is 9.97. The first kappa shape index (κ1) is 9.57. The Morgan fingerprint density at radius 3 is 2.50 bits per heavy atom. The predicted octanol–water partition coefficient (Wildman–Crippen LogP) is 3.35. The van der Waals surface area contributed by atoms with Gasteiger partial charge in [0.05, 0.1) is 6.10 Å². The zero-order valence-corrected chi connectivity index (χ0v) is 9.05. The fourth-order valence-corrected chi connectivity index (χ4v) is 2.06. The van der Waals surface area contributed by atoms with Crippen molar-refractivity contribution in [2.75, 3.05) is 0 Å². The average Bonchev–Trinajstić information content (AvgIpc) is 2.17. The first-order valence-electron chi connectivity index (χ1n) is 5.54. The van der Waals surface area contributed by atoms with Gasteiger partial charge in [-0.25, -0.2) is 0 Å². The van der Waals surface area contributed by atoms with Gasteiger partial charge in [0.25, 0.3) is 0 Å². The van der Waals surface area contributed by atoms with Gasteiger partial charge >= 0.3 is 0 Å². The molecule has 0 spiro atoms. The van der Waals surface area contributed by atoms with Crippen LogP contribution in [0.3, 0.4) is 0 Å². The van der Waals surface area contributed by atoms with Gasteiger partial charge in [0.2, 0.25) is 0 Å². The first-order valence-corrected chi connectivity index (χ1v) is 5.54. The molecule has 1 nitrogen and oxygen atoms in total. The van der Waals surface area contributed by atoms with Gasteiger partial charge in [-0.3, -0.25) is 0 Å². The lowest BCUT2D eigenvalue weighted by Gasteiger charge is -2.17. The van der Waals surface area contributed by atoms with Crippen LogP contribution in [0.1, 0.15) is 37.8 Å². The van der Waals surface area contributed by atoms with E-state index in [1.54, 1.807) is 0 Å². The van der Waals surface area contributed by atoms with Gasteiger partial charge in [-0.05, 0) is 62.8 Å². The molecule has 1 aliphatic carbocycles. The van der Waals surface area contributed by atoms with E-state index in [1.807, 2.05) is 0 Å². The van der Waals surface area contributed by atoms with Crippen molar-refractivity contribution >= 4 is 0 Å². The second kappa shape index (κ2) is 4.04. The number of hydrogen-bond donors (Lipinski definition) is 0. The lowest BCUT2D eigenvalue weighted by atomic mass is 9.92. The van der Waals surface area contributed by atoms with Crippen molar-refractivity contribution < 1.29 is 4.74 Å². The van der Waals surface area contributed by atoms with E-state index in [0.717, 1.165) is 5.75 Å². The van der Waals surface area contributed by atoms with E-state index in [0.29, 0.717) is 0 Å². The van der Waals surface area contributed by atoms with E-state index in [4.69, 9.17) is 4.74 Å². The summed E-state index contributed by atoms with van der Waals surface area (Å²) in [4.78, 5) is 0. The first-order chi connectivity index (χ1) is 6.75. The number of rotatable bonds is 2. The highest BCUT2D eigenvalue weighted by Crippen LogP contribution is 2.25. The van der Waals surface area contributed by atoms with Crippen molar-refractivity contribution in [3.63, 3.8) is 0 Å². The third-order valence-corrected chi connectivity index (χ3v) is 2.69. The maximum atomic E-state index is 5.68. The summed E-state index contributed by atoms with van der Waals surface area (Å²) in [7, 11) is 0. The Morgan fingerprint density at radius 2 is 1.79 bits per heavy atom. The Kier molecular flexibility index (Phi) is 2.76. The molecule has 0 amide bonds. The molecule has 0 unspecified atom stereocenters. The smallest absolute Gasteiger partial charge is 0.119 e. The molecule has 0 bridgehead atoms. The Balaban J connectivity index is 2.20. The summed E-state index contributed by atoms with van der Waals surface area (Å²) in [6, 6.07) is 6.55. The van der Waals surface area contributed by atoms with Crippen LogP contribution in [-0.2, 0) is 12.8 Å². The highest BCUT2D eigenvalue weighted by Gasteiger charge is 2.09. The van der Waals surface area contributed by atoms with Gasteiger partial charge in [-0.15, -0.1) is 0 Å². The van der Waals surface area contributed by atoms with E-state index < -0.39 is 0 Å². The summed E-state index contributed by atoms with van der Waals surface area (Å²) in [5, 5.41) is 0. The van der Waals surface area contributed by atoms with Crippen LogP contribution in [0.2, 0.25) is 0 Å². The summed E-state index contributed by atoms with van der Waals surface area (Å²) in [6.45, 7) is 4.14. The van der Waals surface area contributed by atoms with Crippen LogP contribution in [0.4, 0.5) is 0 Å². The second-order valence-corrected chi connectivity index (χ2v) is 4.30. The number of aryl methyl sites for hydroxylation is 2. The minimum absolute atomic E-state index is 0.275. The molecule has 0 aliphatic heterocycles.